The van der Waals surface area contributed by atoms with Gasteiger partial charge in [-0.3, -0.25) is 9.78 Å². The molecule has 38 heavy (non-hydrogen) atoms. The van der Waals surface area contributed by atoms with Crippen LogP contribution >= 0.6 is 0 Å². The Balaban J connectivity index is 1.08. The summed E-state index contributed by atoms with van der Waals surface area (Å²) in [5.41, 5.74) is 4.60. The second kappa shape index (κ2) is 8.99. The van der Waals surface area contributed by atoms with E-state index < -0.39 is 0 Å². The number of hydrogen-bond acceptors (Lipinski definition) is 4. The number of carbonyl (C=O) groups excluding carboxylic acids is 1. The summed E-state index contributed by atoms with van der Waals surface area (Å²) in [6.07, 6.45) is 15.1. The van der Waals surface area contributed by atoms with Crippen molar-refractivity contribution in [1.29, 1.82) is 0 Å². The van der Waals surface area contributed by atoms with E-state index in [0.717, 1.165) is 42.6 Å². The number of aromatic amines is 1. The Bertz CT molecular complexity index is 1110. The van der Waals surface area contributed by atoms with E-state index in [1.165, 1.54) is 64.9 Å². The van der Waals surface area contributed by atoms with E-state index in [1.807, 2.05) is 11.8 Å². The van der Waals surface area contributed by atoms with E-state index in [2.05, 4.69) is 42.8 Å². The number of esters is 1. The summed E-state index contributed by atoms with van der Waals surface area (Å²) in [7, 11) is 1.45. The third-order valence-corrected chi connectivity index (χ3v) is 12.9. The highest BCUT2D eigenvalue weighted by Crippen LogP contribution is 2.66. The van der Waals surface area contributed by atoms with Crippen LogP contribution in [0.25, 0.3) is 0 Å². The first-order valence-electron chi connectivity index (χ1n) is 15.7. The summed E-state index contributed by atoms with van der Waals surface area (Å²) < 4.78 is 14.1. The molecule has 2 saturated heterocycles. The van der Waals surface area contributed by atoms with Crippen LogP contribution in [0.4, 0.5) is 0 Å². The molecule has 1 aromatic heterocycles. The fraction of sp³-hybridized carbons (Fsp3) is 0.844. The third-order valence-electron chi connectivity index (χ3n) is 12.9. The minimum absolute atomic E-state index is 0.0449. The molecule has 0 radical (unpaired) electrons. The zero-order chi connectivity index (χ0) is 26.4. The molecule has 0 bridgehead atoms. The molecule has 2 aliphatic heterocycles. The molecule has 3 heterocycles. The van der Waals surface area contributed by atoms with Crippen molar-refractivity contribution in [2.45, 2.75) is 116 Å². The van der Waals surface area contributed by atoms with Gasteiger partial charge in [-0.2, -0.15) is 0 Å². The summed E-state index contributed by atoms with van der Waals surface area (Å²) in [6, 6.07) is 1.03. The van der Waals surface area contributed by atoms with Crippen LogP contribution < -0.4 is 5.32 Å². The lowest BCUT2D eigenvalue weighted by Crippen LogP contribution is -2.48. The number of fused-ring (bicyclic) bond motifs is 6. The first-order valence-corrected chi connectivity index (χ1v) is 15.7. The number of nitrogens with zero attached hydrogens (tertiary/aromatic N) is 1. The lowest BCUT2D eigenvalue weighted by atomic mass is 9.52. The molecule has 0 aromatic carbocycles. The third kappa shape index (κ3) is 3.68. The molecule has 1 spiro atoms. The normalized spacial score (nSPS) is 48.3. The first kappa shape index (κ1) is 25.4. The van der Waals surface area contributed by atoms with Gasteiger partial charge in [-0.15, -0.1) is 0 Å². The molecule has 1 aromatic rings. The van der Waals surface area contributed by atoms with Gasteiger partial charge in [0.2, 0.25) is 0 Å². The maximum absolute atomic E-state index is 11.8. The molecule has 5 fully saturated rings. The fourth-order valence-corrected chi connectivity index (χ4v) is 10.7. The average molecular weight is 524 g/mol. The first-order chi connectivity index (χ1) is 18.2. The summed E-state index contributed by atoms with van der Waals surface area (Å²) in [6.45, 7) is 11.1. The van der Waals surface area contributed by atoms with Crippen molar-refractivity contribution in [1.82, 2.24) is 15.1 Å². The quantitative estimate of drug-likeness (QED) is 0.354. The number of methoxy groups -OCH3 is 1. The van der Waals surface area contributed by atoms with Gasteiger partial charge in [-0.05, 0) is 113 Å². The van der Waals surface area contributed by atoms with Gasteiger partial charge in [-0.25, -0.2) is 4.79 Å². The minimum atomic E-state index is -0.265. The molecule has 2 N–H and O–H groups in total. The van der Waals surface area contributed by atoms with Gasteiger partial charge in [0.1, 0.15) is 0 Å². The molecule has 6 aliphatic rings. The maximum Gasteiger partial charge on any atom is 0.357 e. The number of hydrogen-bond donors (Lipinski definition) is 2. The number of carbonyl (C=O) groups is 1. The van der Waals surface area contributed by atoms with Crippen molar-refractivity contribution in [3.05, 3.63) is 23.0 Å². The molecule has 7 rings (SSSR count). The van der Waals surface area contributed by atoms with Crippen LogP contribution in [-0.4, -0.2) is 47.2 Å². The summed E-state index contributed by atoms with van der Waals surface area (Å²) in [5, 5.41) is 7.13. The van der Waals surface area contributed by atoms with Crippen LogP contribution in [0.1, 0.15) is 108 Å². The van der Waals surface area contributed by atoms with Crippen molar-refractivity contribution in [3.63, 3.8) is 0 Å². The monoisotopic (exact) mass is 523 g/mol. The number of piperidine rings is 1. The van der Waals surface area contributed by atoms with E-state index in [-0.39, 0.29) is 11.6 Å². The zero-order valence-corrected chi connectivity index (χ0v) is 24.2. The van der Waals surface area contributed by atoms with Gasteiger partial charge in [0.05, 0.1) is 31.1 Å². The second-order valence-corrected chi connectivity index (χ2v) is 14.6. The van der Waals surface area contributed by atoms with Crippen molar-refractivity contribution in [3.8, 4) is 0 Å². The number of ether oxygens (including phenoxy) is 2. The summed E-state index contributed by atoms with van der Waals surface area (Å²) >= 11 is 0. The lowest BCUT2D eigenvalue weighted by molar-refractivity contribution is -0.0753. The molecule has 11 atom stereocenters. The predicted molar refractivity (Wildman–Crippen MR) is 148 cm³/mol. The Kier molecular flexibility index (Phi) is 6.02. The SMILES string of the molecule is COC(=O)c1cn([C@H]2CC[C@@]3(C)[C@H](CC[C@H]4[C@@H]5CC[C@@]6(CC(C)=C5C[C@@H]43)O[C@@H]3C[C@H](C)CN[C@H]3[C@H]6C)C2)[nH]1. The molecule has 0 amide bonds. The van der Waals surface area contributed by atoms with Crippen molar-refractivity contribution >= 4 is 5.97 Å². The van der Waals surface area contributed by atoms with E-state index in [1.54, 1.807) is 5.57 Å². The zero-order valence-electron chi connectivity index (χ0n) is 24.2. The van der Waals surface area contributed by atoms with Crippen LogP contribution in [0.15, 0.2) is 17.3 Å². The van der Waals surface area contributed by atoms with Gasteiger partial charge < -0.3 is 14.8 Å². The topological polar surface area (TPSA) is 68.3 Å². The lowest BCUT2D eigenvalue weighted by Gasteiger charge is -2.54. The highest BCUT2D eigenvalue weighted by molar-refractivity contribution is 5.87. The molecule has 210 valence electrons. The average Bonchev–Trinajstić information content (AvgIpc) is 3.33. The van der Waals surface area contributed by atoms with Crippen LogP contribution in [0.5, 0.6) is 0 Å². The van der Waals surface area contributed by atoms with E-state index >= 15 is 0 Å². The number of allylic oxidation sites excluding steroid dienone is 1. The van der Waals surface area contributed by atoms with Crippen LogP contribution in [0, 0.1) is 40.9 Å². The minimum Gasteiger partial charge on any atom is -0.464 e. The molecule has 0 unspecified atom stereocenters. The Hall–Kier alpha value is -1.53. The van der Waals surface area contributed by atoms with Gasteiger partial charge >= 0.3 is 5.97 Å². The molecular weight excluding hydrogens is 474 g/mol. The highest BCUT2D eigenvalue weighted by atomic mass is 16.5. The Labute approximate surface area is 228 Å². The summed E-state index contributed by atoms with van der Waals surface area (Å²) in [4.78, 5) is 11.8. The number of nitrogens with one attached hydrogen (secondary N) is 2. The standard InChI is InChI=1S/C32H49N3O3/c1-18-12-28-29(33-16-18)20(3)32(38-28)11-9-23-24-7-6-21-13-22(35-17-27(34-35)30(36)37-5)8-10-31(21,4)26(24)14-25(23)19(2)15-32/h17-18,20-24,26,28-29,33-34H,6-16H2,1-5H3/t18-,20+,21+,22-,23-,24-,26-,28+,29-,31-,32-/m0/s1. The number of aromatic nitrogens is 2. The van der Waals surface area contributed by atoms with E-state index in [0.29, 0.717) is 35.2 Å². The Morgan fingerprint density at radius 2 is 1.97 bits per heavy atom. The van der Waals surface area contributed by atoms with E-state index in [4.69, 9.17) is 9.47 Å². The van der Waals surface area contributed by atoms with Crippen molar-refractivity contribution in [2.24, 2.45) is 40.9 Å². The fourth-order valence-electron chi connectivity index (χ4n) is 10.7. The van der Waals surface area contributed by atoms with Gasteiger partial charge in [0.15, 0.2) is 5.69 Å². The number of rotatable bonds is 2. The van der Waals surface area contributed by atoms with Crippen LogP contribution in [0.2, 0.25) is 0 Å². The predicted octanol–water partition coefficient (Wildman–Crippen LogP) is 6.27. The van der Waals surface area contributed by atoms with Crippen LogP contribution in [0.3, 0.4) is 0 Å². The summed E-state index contributed by atoms with van der Waals surface area (Å²) in [5.74, 6) is 4.31. The number of H-pyrrole nitrogens is 1. The smallest absolute Gasteiger partial charge is 0.357 e. The molecular formula is C32H49N3O3. The van der Waals surface area contributed by atoms with Crippen LogP contribution in [-0.2, 0) is 9.47 Å². The molecule has 6 nitrogen and oxygen atoms in total. The maximum atomic E-state index is 11.8. The molecule has 6 heteroatoms. The molecule has 3 saturated carbocycles. The molecule has 4 aliphatic carbocycles. The Morgan fingerprint density at radius 3 is 2.76 bits per heavy atom. The Morgan fingerprint density at radius 1 is 1.16 bits per heavy atom. The largest absolute Gasteiger partial charge is 0.464 e. The van der Waals surface area contributed by atoms with Crippen molar-refractivity contribution in [2.75, 3.05) is 13.7 Å². The van der Waals surface area contributed by atoms with E-state index in [9.17, 15) is 4.79 Å². The van der Waals surface area contributed by atoms with Gasteiger partial charge in [0, 0.05) is 12.0 Å². The second-order valence-electron chi connectivity index (χ2n) is 14.6. The van der Waals surface area contributed by atoms with Gasteiger partial charge in [-0.1, -0.05) is 31.9 Å². The van der Waals surface area contributed by atoms with Crippen molar-refractivity contribution < 1.29 is 14.3 Å². The van der Waals surface area contributed by atoms with Gasteiger partial charge in [0.25, 0.3) is 0 Å². The highest BCUT2D eigenvalue weighted by Gasteiger charge is 2.59.